The summed E-state index contributed by atoms with van der Waals surface area (Å²) >= 11 is 0. The van der Waals surface area contributed by atoms with Crippen LogP contribution >= 0.6 is 0 Å². The number of pyridine rings is 1. The number of nitro groups is 1. The molecule has 0 aliphatic rings. The number of hydrogen-bond acceptors (Lipinski definition) is 8. The summed E-state index contributed by atoms with van der Waals surface area (Å²) in [7, 11) is 1.23. The number of carbonyl (C=O) groups is 1. The van der Waals surface area contributed by atoms with E-state index in [0.29, 0.717) is 30.0 Å². The number of H-pyrrole nitrogens is 1. The van der Waals surface area contributed by atoms with Gasteiger partial charge in [0.2, 0.25) is 0 Å². The highest BCUT2D eigenvalue weighted by Crippen LogP contribution is 2.36. The van der Waals surface area contributed by atoms with E-state index < -0.39 is 22.4 Å². The number of nitro benzene ring substituents is 1. The number of rotatable bonds is 9. The smallest absolute Gasteiger partial charge is 0.306 e. The van der Waals surface area contributed by atoms with Gasteiger partial charge in [-0.2, -0.15) is 0 Å². The van der Waals surface area contributed by atoms with Crippen molar-refractivity contribution in [1.29, 1.82) is 0 Å². The average Bonchev–Trinajstić information content (AvgIpc) is 3.55. The van der Waals surface area contributed by atoms with Gasteiger partial charge in [0, 0.05) is 48.2 Å². The van der Waals surface area contributed by atoms with Crippen molar-refractivity contribution in [2.45, 2.75) is 32.2 Å². The number of carbonyl (C=O) groups excluding carboxylic acids is 1. The lowest BCUT2D eigenvalue weighted by atomic mass is 9.93. The number of esters is 1. The maximum Gasteiger partial charge on any atom is 0.306 e. The topological polar surface area (TPSA) is 153 Å². The number of non-ortho nitro benzene ring substituents is 1. The summed E-state index contributed by atoms with van der Waals surface area (Å²) in [6.45, 7) is 2.03. The standard InChI is InChI=1S/C25H24N4O7/c1-15-10-20(30)24(25(32)28(15)9-8-17-13-26-14-27-17)19(12-23(31)35-2)22-7-6-21(36-22)16-4-3-5-18(11-16)29(33)34/h3-7,10-11,13-14,19,30H,8-9,12H2,1-2H3,(H,26,27). The van der Waals surface area contributed by atoms with Gasteiger partial charge in [0.25, 0.3) is 11.2 Å². The van der Waals surface area contributed by atoms with Crippen LogP contribution in [-0.2, 0) is 22.5 Å². The van der Waals surface area contributed by atoms with Gasteiger partial charge in [0.1, 0.15) is 17.3 Å². The minimum Gasteiger partial charge on any atom is -0.507 e. The molecule has 11 nitrogen and oxygen atoms in total. The second-order valence-corrected chi connectivity index (χ2v) is 8.21. The van der Waals surface area contributed by atoms with Crippen LogP contribution < -0.4 is 5.56 Å². The maximum atomic E-state index is 13.6. The first-order valence-corrected chi connectivity index (χ1v) is 11.1. The highest BCUT2D eigenvalue weighted by molar-refractivity contribution is 5.71. The Morgan fingerprint density at radius 2 is 2.11 bits per heavy atom. The number of benzene rings is 1. The molecular weight excluding hydrogens is 468 g/mol. The van der Waals surface area contributed by atoms with E-state index in [1.807, 2.05) is 0 Å². The lowest BCUT2D eigenvalue weighted by Crippen LogP contribution is -2.29. The number of hydrogen-bond donors (Lipinski definition) is 2. The van der Waals surface area contributed by atoms with E-state index in [-0.39, 0.29) is 29.2 Å². The van der Waals surface area contributed by atoms with E-state index in [1.54, 1.807) is 37.6 Å². The van der Waals surface area contributed by atoms with Crippen molar-refractivity contribution >= 4 is 11.7 Å². The zero-order valence-corrected chi connectivity index (χ0v) is 19.6. The molecule has 3 aromatic heterocycles. The minimum atomic E-state index is -0.948. The summed E-state index contributed by atoms with van der Waals surface area (Å²) < 4.78 is 12.3. The van der Waals surface area contributed by atoms with Gasteiger partial charge in [-0.25, -0.2) is 4.98 Å². The molecule has 0 aliphatic heterocycles. The molecule has 0 saturated carbocycles. The summed E-state index contributed by atoms with van der Waals surface area (Å²) in [4.78, 5) is 43.5. The normalized spacial score (nSPS) is 11.8. The Balaban J connectivity index is 1.76. The second-order valence-electron chi connectivity index (χ2n) is 8.21. The van der Waals surface area contributed by atoms with E-state index in [2.05, 4.69) is 9.97 Å². The van der Waals surface area contributed by atoms with E-state index in [9.17, 15) is 24.8 Å². The highest BCUT2D eigenvalue weighted by Gasteiger charge is 2.29. The molecule has 0 saturated heterocycles. The fourth-order valence-electron chi connectivity index (χ4n) is 4.09. The summed E-state index contributed by atoms with van der Waals surface area (Å²) in [6, 6.07) is 10.6. The van der Waals surface area contributed by atoms with Crippen LogP contribution in [-0.4, -0.2) is 37.6 Å². The van der Waals surface area contributed by atoms with Crippen LogP contribution in [0, 0.1) is 17.0 Å². The van der Waals surface area contributed by atoms with E-state index in [4.69, 9.17) is 9.15 Å². The monoisotopic (exact) mass is 492 g/mol. The molecule has 0 spiro atoms. The Kier molecular flexibility index (Phi) is 7.00. The molecule has 1 atom stereocenters. The van der Waals surface area contributed by atoms with Crippen molar-refractivity contribution in [2.75, 3.05) is 7.11 Å². The number of aromatic hydroxyl groups is 1. The highest BCUT2D eigenvalue weighted by atomic mass is 16.6. The van der Waals surface area contributed by atoms with Crippen LogP contribution in [0.15, 0.2) is 64.2 Å². The molecule has 0 bridgehead atoms. The number of aryl methyl sites for hydroxylation is 2. The van der Waals surface area contributed by atoms with Gasteiger partial charge in [-0.3, -0.25) is 19.7 Å². The number of aromatic nitrogens is 3. The fraction of sp³-hybridized carbons (Fsp3) is 0.240. The molecular formula is C25H24N4O7. The molecule has 36 heavy (non-hydrogen) atoms. The molecule has 1 unspecified atom stereocenters. The van der Waals surface area contributed by atoms with Crippen LogP contribution in [0.3, 0.4) is 0 Å². The number of ether oxygens (including phenoxy) is 1. The number of nitrogens with one attached hydrogen (secondary N) is 1. The Morgan fingerprint density at radius 1 is 1.31 bits per heavy atom. The number of aromatic amines is 1. The third kappa shape index (κ3) is 5.04. The predicted molar refractivity (Wildman–Crippen MR) is 129 cm³/mol. The Hall–Kier alpha value is -4.67. The number of furan rings is 1. The summed E-state index contributed by atoms with van der Waals surface area (Å²) in [5, 5.41) is 21.9. The first-order chi connectivity index (χ1) is 17.3. The molecule has 4 aromatic rings. The quantitative estimate of drug-likeness (QED) is 0.204. The van der Waals surface area contributed by atoms with Gasteiger partial charge in [-0.15, -0.1) is 0 Å². The Bertz CT molecular complexity index is 1450. The van der Waals surface area contributed by atoms with Crippen molar-refractivity contribution in [2.24, 2.45) is 0 Å². The molecule has 186 valence electrons. The van der Waals surface area contributed by atoms with Gasteiger partial charge >= 0.3 is 5.97 Å². The van der Waals surface area contributed by atoms with Crippen LogP contribution in [0.2, 0.25) is 0 Å². The molecule has 0 fully saturated rings. The molecule has 2 N–H and O–H groups in total. The van der Waals surface area contributed by atoms with Gasteiger partial charge < -0.3 is 23.8 Å². The Labute approximate surface area is 205 Å². The number of nitrogens with zero attached hydrogens (tertiary/aromatic N) is 3. The minimum absolute atomic E-state index is 0.00412. The van der Waals surface area contributed by atoms with Crippen molar-refractivity contribution < 1.29 is 24.0 Å². The summed E-state index contributed by atoms with van der Waals surface area (Å²) in [5.41, 5.74) is 1.28. The molecule has 0 aliphatic carbocycles. The lowest BCUT2D eigenvalue weighted by molar-refractivity contribution is -0.384. The van der Waals surface area contributed by atoms with Gasteiger partial charge in [0.05, 0.1) is 36.3 Å². The first-order valence-electron chi connectivity index (χ1n) is 11.1. The average molecular weight is 492 g/mol. The Morgan fingerprint density at radius 3 is 2.81 bits per heavy atom. The van der Waals surface area contributed by atoms with Crippen molar-refractivity contribution in [3.63, 3.8) is 0 Å². The van der Waals surface area contributed by atoms with Crippen LogP contribution in [0.1, 0.15) is 35.1 Å². The third-order valence-electron chi connectivity index (χ3n) is 5.94. The molecule has 1 aromatic carbocycles. The van der Waals surface area contributed by atoms with E-state index in [0.717, 1.165) is 5.69 Å². The van der Waals surface area contributed by atoms with Gasteiger partial charge in [-0.1, -0.05) is 12.1 Å². The SMILES string of the molecule is COC(=O)CC(c1ccc(-c2cccc([N+](=O)[O-])c2)o1)c1c(O)cc(C)n(CCc2cnc[nH]2)c1=O. The van der Waals surface area contributed by atoms with E-state index >= 15 is 0 Å². The third-order valence-corrected chi connectivity index (χ3v) is 5.94. The zero-order chi connectivity index (χ0) is 25.8. The number of imidazole rings is 1. The number of methoxy groups -OCH3 is 1. The fourth-order valence-corrected chi connectivity index (χ4v) is 4.09. The summed E-state index contributed by atoms with van der Waals surface area (Å²) in [5.74, 6) is -1.27. The molecule has 4 rings (SSSR count). The van der Waals surface area contributed by atoms with Crippen molar-refractivity contribution in [1.82, 2.24) is 14.5 Å². The lowest BCUT2D eigenvalue weighted by Gasteiger charge is -2.18. The van der Waals surface area contributed by atoms with Gasteiger partial charge in [0.15, 0.2) is 0 Å². The maximum absolute atomic E-state index is 13.6. The van der Waals surface area contributed by atoms with Crippen molar-refractivity contribution in [3.05, 3.63) is 98.2 Å². The largest absolute Gasteiger partial charge is 0.507 e. The van der Waals surface area contributed by atoms with Crippen LogP contribution in [0.5, 0.6) is 5.75 Å². The predicted octanol–water partition coefficient (Wildman–Crippen LogP) is 3.69. The second kappa shape index (κ2) is 10.3. The zero-order valence-electron chi connectivity index (χ0n) is 19.6. The van der Waals surface area contributed by atoms with Crippen LogP contribution in [0.4, 0.5) is 5.69 Å². The first kappa shape index (κ1) is 24.5. The molecule has 0 radical (unpaired) electrons. The van der Waals surface area contributed by atoms with E-state index in [1.165, 1.54) is 35.9 Å². The molecule has 3 heterocycles. The molecule has 0 amide bonds. The molecule has 11 heteroatoms. The summed E-state index contributed by atoms with van der Waals surface area (Å²) in [6.07, 6.45) is 3.46. The van der Waals surface area contributed by atoms with Crippen LogP contribution in [0.25, 0.3) is 11.3 Å². The van der Waals surface area contributed by atoms with Gasteiger partial charge in [-0.05, 0) is 25.1 Å². The van der Waals surface area contributed by atoms with Crippen molar-refractivity contribution in [3.8, 4) is 17.1 Å².